The molecule has 0 aliphatic rings. The van der Waals surface area contributed by atoms with Crippen molar-refractivity contribution in [3.8, 4) is 6.01 Å². The summed E-state index contributed by atoms with van der Waals surface area (Å²) in [4.78, 5) is 22.8. The van der Waals surface area contributed by atoms with Crippen LogP contribution in [0.5, 0.6) is 6.01 Å². The quantitative estimate of drug-likeness (QED) is 0.456. The van der Waals surface area contributed by atoms with Crippen LogP contribution < -0.4 is 14.6 Å². The van der Waals surface area contributed by atoms with Gasteiger partial charge in [0.15, 0.2) is 3.95 Å². The summed E-state index contributed by atoms with van der Waals surface area (Å²) < 4.78 is 2.74. The Morgan fingerprint density at radius 1 is 1.12 bits per heavy atom. The van der Waals surface area contributed by atoms with Crippen molar-refractivity contribution in [2.75, 3.05) is 38.0 Å². The van der Waals surface area contributed by atoms with E-state index in [1.807, 2.05) is 53.7 Å². The zero-order valence-electron chi connectivity index (χ0n) is 14.9. The minimum absolute atomic E-state index is 0.147. The van der Waals surface area contributed by atoms with Crippen molar-refractivity contribution in [3.63, 3.8) is 0 Å². The van der Waals surface area contributed by atoms with Crippen LogP contribution in [0.15, 0.2) is 5.16 Å². The molecule has 0 saturated heterocycles. The normalized spacial score (nSPS) is 11.5. The van der Waals surface area contributed by atoms with Gasteiger partial charge in [-0.1, -0.05) is 5.16 Å². The van der Waals surface area contributed by atoms with Crippen molar-refractivity contribution >= 4 is 41.2 Å². The predicted molar refractivity (Wildman–Crippen MR) is 100 cm³/mol. The number of hydrogen-bond acceptors (Lipinski definition) is 9. The molecule has 0 aliphatic heterocycles. The Kier molecular flexibility index (Phi) is 5.50. The van der Waals surface area contributed by atoms with E-state index in [2.05, 4.69) is 20.1 Å². The van der Waals surface area contributed by atoms with Gasteiger partial charge in [-0.15, -0.1) is 11.3 Å². The molecule has 2 aromatic heterocycles. The monoisotopic (exact) mass is 367 g/mol. The Balaban J connectivity index is 2.33. The molecule has 2 aromatic rings. The molecule has 10 heteroatoms. The fraction of sp³-hybridized carbons (Fsp3) is 0.500. The smallest absolute Gasteiger partial charge is 0.347 e. The molecule has 0 fully saturated rings. The highest BCUT2D eigenvalue weighted by atomic mass is 32.1. The van der Waals surface area contributed by atoms with E-state index < -0.39 is 0 Å². The van der Waals surface area contributed by atoms with Gasteiger partial charge in [0.25, 0.3) is 0 Å². The van der Waals surface area contributed by atoms with E-state index in [1.165, 1.54) is 11.3 Å². The second kappa shape index (κ2) is 7.22. The van der Waals surface area contributed by atoms with Gasteiger partial charge in [-0.05, 0) is 26.1 Å². The summed E-state index contributed by atoms with van der Waals surface area (Å²) in [5.74, 6) is 1.01. The van der Waals surface area contributed by atoms with Gasteiger partial charge < -0.3 is 19.2 Å². The van der Waals surface area contributed by atoms with Crippen molar-refractivity contribution in [3.05, 3.63) is 14.5 Å². The van der Waals surface area contributed by atoms with Crippen LogP contribution in [0.4, 0.5) is 11.9 Å². The molecule has 0 aromatic carbocycles. The molecule has 0 spiro atoms. The summed E-state index contributed by atoms with van der Waals surface area (Å²) in [5.41, 5.74) is 1.77. The van der Waals surface area contributed by atoms with Crippen LogP contribution in [-0.2, 0) is 7.05 Å². The third kappa shape index (κ3) is 3.88. The first-order valence-corrected chi connectivity index (χ1v) is 8.42. The number of anilines is 2. The first-order chi connectivity index (χ1) is 11.2. The second-order valence-corrected chi connectivity index (χ2v) is 7.26. The number of rotatable bonds is 5. The van der Waals surface area contributed by atoms with Crippen molar-refractivity contribution in [2.45, 2.75) is 13.8 Å². The molecule has 0 atom stereocenters. The lowest BCUT2D eigenvalue weighted by atomic mass is 10.3. The van der Waals surface area contributed by atoms with E-state index in [1.54, 1.807) is 9.80 Å². The van der Waals surface area contributed by atoms with Crippen molar-refractivity contribution in [1.82, 2.24) is 19.5 Å². The Hall–Kier alpha value is -2.07. The minimum Gasteiger partial charge on any atom is -0.347 e. The number of thiazole rings is 1. The topological polar surface area (TPSA) is 71.7 Å². The van der Waals surface area contributed by atoms with Gasteiger partial charge in [-0.2, -0.15) is 15.0 Å². The summed E-state index contributed by atoms with van der Waals surface area (Å²) in [6.45, 7) is 3.87. The summed E-state index contributed by atoms with van der Waals surface area (Å²) >= 11 is 6.79. The van der Waals surface area contributed by atoms with Gasteiger partial charge in [0.05, 0.1) is 10.6 Å². The molecule has 0 radical (unpaired) electrons. The molecule has 2 rings (SSSR count). The highest BCUT2D eigenvalue weighted by Gasteiger charge is 2.13. The molecule has 0 bridgehead atoms. The maximum atomic E-state index is 5.44. The third-order valence-electron chi connectivity index (χ3n) is 3.28. The van der Waals surface area contributed by atoms with Crippen LogP contribution in [0.3, 0.4) is 0 Å². The molecule has 0 saturated carbocycles. The number of nitrogens with zero attached hydrogens (tertiary/aromatic N) is 7. The van der Waals surface area contributed by atoms with Gasteiger partial charge in [-0.25, -0.2) is 0 Å². The summed E-state index contributed by atoms with van der Waals surface area (Å²) in [6.07, 6.45) is 0. The Morgan fingerprint density at radius 3 is 2.08 bits per heavy atom. The van der Waals surface area contributed by atoms with Crippen molar-refractivity contribution in [1.29, 1.82) is 0 Å². The standard InChI is InChI=1S/C14H21N7OS2/c1-8(10-9(2)21(7)14(23)24-10)18-22-13-16-11(19(3)4)15-12(17-13)20(5)6/h1-7H3. The van der Waals surface area contributed by atoms with Crippen molar-refractivity contribution in [2.24, 2.45) is 12.2 Å². The van der Waals surface area contributed by atoms with Gasteiger partial charge in [0.1, 0.15) is 0 Å². The lowest BCUT2D eigenvalue weighted by Crippen LogP contribution is -2.19. The zero-order chi connectivity index (χ0) is 18.0. The van der Waals surface area contributed by atoms with E-state index in [9.17, 15) is 0 Å². The van der Waals surface area contributed by atoms with E-state index in [4.69, 9.17) is 17.1 Å². The van der Waals surface area contributed by atoms with Gasteiger partial charge >= 0.3 is 6.01 Å². The van der Waals surface area contributed by atoms with Crippen LogP contribution in [0.25, 0.3) is 0 Å². The van der Waals surface area contributed by atoms with Gasteiger partial charge in [0, 0.05) is 40.9 Å². The second-order valence-electron chi connectivity index (χ2n) is 5.62. The van der Waals surface area contributed by atoms with E-state index in [0.29, 0.717) is 11.9 Å². The average molecular weight is 368 g/mol. The SMILES string of the molecule is CC(=NOc1nc(N(C)C)nc(N(C)C)n1)c1sc(=S)n(C)c1C. The van der Waals surface area contributed by atoms with Crippen LogP contribution in [0.1, 0.15) is 17.5 Å². The first-order valence-electron chi connectivity index (χ1n) is 7.19. The van der Waals surface area contributed by atoms with Gasteiger partial charge in [0.2, 0.25) is 11.9 Å². The lowest BCUT2D eigenvalue weighted by molar-refractivity contribution is 0.312. The highest BCUT2D eigenvalue weighted by molar-refractivity contribution is 7.73. The molecule has 8 nitrogen and oxygen atoms in total. The molecule has 0 amide bonds. The molecular formula is C14H21N7OS2. The maximum Gasteiger partial charge on any atom is 0.352 e. The zero-order valence-corrected chi connectivity index (χ0v) is 16.5. The Labute approximate surface area is 150 Å². The average Bonchev–Trinajstić information content (AvgIpc) is 2.79. The van der Waals surface area contributed by atoms with Crippen LogP contribution in [-0.4, -0.2) is 53.4 Å². The molecule has 0 aliphatic carbocycles. The van der Waals surface area contributed by atoms with E-state index >= 15 is 0 Å². The summed E-state index contributed by atoms with van der Waals surface area (Å²) in [7, 11) is 9.35. The number of hydrogen-bond donors (Lipinski definition) is 0. The van der Waals surface area contributed by atoms with Crippen LogP contribution in [0.2, 0.25) is 0 Å². The Morgan fingerprint density at radius 2 is 1.67 bits per heavy atom. The number of oxime groups is 1. The summed E-state index contributed by atoms with van der Waals surface area (Å²) in [6, 6.07) is 0.147. The highest BCUT2D eigenvalue weighted by Crippen LogP contribution is 2.20. The first kappa shape index (κ1) is 18.3. The summed E-state index contributed by atoms with van der Waals surface area (Å²) in [5, 5.41) is 4.16. The lowest BCUT2D eigenvalue weighted by Gasteiger charge is -2.15. The fourth-order valence-corrected chi connectivity index (χ4v) is 3.09. The van der Waals surface area contributed by atoms with E-state index in [-0.39, 0.29) is 6.01 Å². The maximum absolute atomic E-state index is 5.44. The largest absolute Gasteiger partial charge is 0.352 e. The number of aromatic nitrogens is 4. The molecule has 24 heavy (non-hydrogen) atoms. The molecule has 0 unspecified atom stereocenters. The predicted octanol–water partition coefficient (Wildman–Crippen LogP) is 2.24. The van der Waals surface area contributed by atoms with Crippen molar-refractivity contribution < 1.29 is 4.84 Å². The molecular weight excluding hydrogens is 346 g/mol. The Bertz CT molecular complexity index is 797. The molecule has 2 heterocycles. The van der Waals surface area contributed by atoms with Gasteiger partial charge in [-0.3, -0.25) is 0 Å². The third-order valence-corrected chi connectivity index (χ3v) is 5.05. The minimum atomic E-state index is 0.147. The fourth-order valence-electron chi connectivity index (χ4n) is 1.78. The van der Waals surface area contributed by atoms with E-state index in [0.717, 1.165) is 20.2 Å². The molecule has 0 N–H and O–H groups in total. The van der Waals surface area contributed by atoms with Crippen LogP contribution in [0, 0.1) is 10.9 Å². The van der Waals surface area contributed by atoms with Crippen LogP contribution >= 0.6 is 23.6 Å². The molecule has 130 valence electrons.